The lowest BCUT2D eigenvalue weighted by molar-refractivity contribution is 0.354. The maximum atomic E-state index is 5.36. The fourth-order valence-corrected chi connectivity index (χ4v) is 3.09. The predicted octanol–water partition coefficient (Wildman–Crippen LogP) is 3.75. The number of halogens is 1. The van der Waals surface area contributed by atoms with Gasteiger partial charge >= 0.3 is 0 Å². The van der Waals surface area contributed by atoms with Crippen molar-refractivity contribution in [2.45, 2.75) is 51.5 Å². The van der Waals surface area contributed by atoms with Crippen molar-refractivity contribution in [2.24, 2.45) is 4.99 Å². The first kappa shape index (κ1) is 21.9. The number of guanidine groups is 1. The first-order chi connectivity index (χ1) is 11.8. The number of rotatable bonds is 7. The number of hydrogen-bond acceptors (Lipinski definition) is 3. The van der Waals surface area contributed by atoms with Crippen LogP contribution in [0.5, 0.6) is 11.5 Å². The molecule has 2 N–H and O–H groups in total. The number of aliphatic imine (C=N–C) groups is 1. The number of ether oxygens (including phenoxy) is 2. The van der Waals surface area contributed by atoms with Crippen LogP contribution in [0.25, 0.3) is 0 Å². The van der Waals surface area contributed by atoms with Gasteiger partial charge in [0.15, 0.2) is 17.5 Å². The molecule has 0 spiro atoms. The second-order valence-corrected chi connectivity index (χ2v) is 6.18. The molecule has 0 bridgehead atoms. The van der Waals surface area contributed by atoms with E-state index in [0.717, 1.165) is 37.0 Å². The zero-order valence-electron chi connectivity index (χ0n) is 15.6. The summed E-state index contributed by atoms with van der Waals surface area (Å²) >= 11 is 0. The Bertz CT molecular complexity index is 531. The van der Waals surface area contributed by atoms with Gasteiger partial charge in [-0.2, -0.15) is 0 Å². The minimum absolute atomic E-state index is 0. The Morgan fingerprint density at radius 1 is 1.12 bits per heavy atom. The molecule has 0 amide bonds. The van der Waals surface area contributed by atoms with Gasteiger partial charge in [0.1, 0.15) is 0 Å². The van der Waals surface area contributed by atoms with Crippen molar-refractivity contribution in [3.05, 3.63) is 23.8 Å². The second-order valence-electron chi connectivity index (χ2n) is 6.18. The summed E-state index contributed by atoms with van der Waals surface area (Å²) in [6.07, 6.45) is 7.39. The van der Waals surface area contributed by atoms with E-state index in [1.807, 2.05) is 12.1 Å². The molecule has 0 aromatic heterocycles. The van der Waals surface area contributed by atoms with Crippen LogP contribution in [-0.2, 0) is 6.42 Å². The van der Waals surface area contributed by atoms with Crippen LogP contribution in [0, 0.1) is 0 Å². The van der Waals surface area contributed by atoms with Crippen molar-refractivity contribution in [3.8, 4) is 11.5 Å². The van der Waals surface area contributed by atoms with Gasteiger partial charge in [0.2, 0.25) is 0 Å². The molecule has 6 heteroatoms. The molecule has 5 nitrogen and oxygen atoms in total. The molecule has 1 fully saturated rings. The van der Waals surface area contributed by atoms with Crippen LogP contribution in [0.15, 0.2) is 23.2 Å². The number of benzene rings is 1. The molecule has 0 radical (unpaired) electrons. The Morgan fingerprint density at radius 2 is 1.84 bits per heavy atom. The molecule has 2 rings (SSSR count). The minimum atomic E-state index is 0. The molecule has 1 saturated carbocycles. The summed E-state index contributed by atoms with van der Waals surface area (Å²) in [6.45, 7) is 3.73. The van der Waals surface area contributed by atoms with Crippen molar-refractivity contribution in [3.63, 3.8) is 0 Å². The third-order valence-electron chi connectivity index (χ3n) is 4.41. The lowest BCUT2D eigenvalue weighted by Crippen LogP contribution is -2.44. The average molecular weight is 461 g/mol. The van der Waals surface area contributed by atoms with Crippen LogP contribution in [0.2, 0.25) is 0 Å². The van der Waals surface area contributed by atoms with Gasteiger partial charge in [-0.3, -0.25) is 4.99 Å². The molecule has 0 saturated heterocycles. The minimum Gasteiger partial charge on any atom is -0.493 e. The highest BCUT2D eigenvalue weighted by molar-refractivity contribution is 14.0. The van der Waals surface area contributed by atoms with Crippen molar-refractivity contribution >= 4 is 29.9 Å². The number of hydrogen-bond donors (Lipinski definition) is 2. The maximum Gasteiger partial charge on any atom is 0.191 e. The lowest BCUT2D eigenvalue weighted by atomic mass is 9.96. The van der Waals surface area contributed by atoms with Crippen molar-refractivity contribution in [2.75, 3.05) is 27.3 Å². The Morgan fingerprint density at radius 3 is 2.48 bits per heavy atom. The highest BCUT2D eigenvalue weighted by atomic mass is 127. The molecule has 142 valence electrons. The summed E-state index contributed by atoms with van der Waals surface area (Å²) in [4.78, 5) is 4.72. The summed E-state index contributed by atoms with van der Waals surface area (Å²) in [5, 5.41) is 6.93. The van der Waals surface area contributed by atoms with Gasteiger partial charge in [-0.1, -0.05) is 25.3 Å². The molecule has 1 aliphatic carbocycles. The normalized spacial score (nSPS) is 15.2. The zero-order valence-corrected chi connectivity index (χ0v) is 18.0. The standard InChI is InChI=1S/C19H31N3O2.HI/c1-4-20-19(22-16-8-6-5-7-9-16)21-13-12-15-10-11-17(23-2)18(14-15)24-3;/h10-11,14,16H,4-9,12-13H2,1-3H3,(H2,20,21,22);1H. The van der Waals surface area contributed by atoms with E-state index in [4.69, 9.17) is 14.5 Å². The van der Waals surface area contributed by atoms with Gasteiger partial charge in [-0.15, -0.1) is 24.0 Å². The molecule has 1 aromatic rings. The molecule has 0 unspecified atom stereocenters. The topological polar surface area (TPSA) is 54.9 Å². The largest absolute Gasteiger partial charge is 0.493 e. The highest BCUT2D eigenvalue weighted by Crippen LogP contribution is 2.27. The van der Waals surface area contributed by atoms with Crippen LogP contribution in [0.1, 0.15) is 44.6 Å². The third kappa shape index (κ3) is 7.30. The van der Waals surface area contributed by atoms with Crippen LogP contribution in [0.3, 0.4) is 0 Å². The molecule has 25 heavy (non-hydrogen) atoms. The molecule has 0 heterocycles. The van der Waals surface area contributed by atoms with Crippen LogP contribution >= 0.6 is 24.0 Å². The van der Waals surface area contributed by atoms with Crippen LogP contribution in [-0.4, -0.2) is 39.3 Å². The smallest absolute Gasteiger partial charge is 0.191 e. The van der Waals surface area contributed by atoms with E-state index >= 15 is 0 Å². The summed E-state index contributed by atoms with van der Waals surface area (Å²) in [6, 6.07) is 6.61. The monoisotopic (exact) mass is 461 g/mol. The van der Waals surface area contributed by atoms with E-state index in [1.54, 1.807) is 14.2 Å². The number of nitrogens with one attached hydrogen (secondary N) is 2. The maximum absolute atomic E-state index is 5.36. The second kappa shape index (κ2) is 12.2. The lowest BCUT2D eigenvalue weighted by Gasteiger charge is -2.24. The first-order valence-corrected chi connectivity index (χ1v) is 9.02. The zero-order chi connectivity index (χ0) is 17.2. The van der Waals surface area contributed by atoms with E-state index < -0.39 is 0 Å². The van der Waals surface area contributed by atoms with E-state index in [9.17, 15) is 0 Å². The van der Waals surface area contributed by atoms with Gasteiger partial charge in [-0.25, -0.2) is 0 Å². The SMILES string of the molecule is CCNC(=NCCc1ccc(OC)c(OC)c1)NC1CCCCC1.I. The molecular weight excluding hydrogens is 429 g/mol. The Hall–Kier alpha value is -1.18. The van der Waals surface area contributed by atoms with E-state index in [-0.39, 0.29) is 24.0 Å². The summed E-state index contributed by atoms with van der Waals surface area (Å²) in [7, 11) is 3.32. The summed E-state index contributed by atoms with van der Waals surface area (Å²) in [5.41, 5.74) is 1.20. The Balaban J connectivity index is 0.00000312. The molecule has 0 aliphatic heterocycles. The fourth-order valence-electron chi connectivity index (χ4n) is 3.09. The molecular formula is C19H32IN3O2. The van der Waals surface area contributed by atoms with Crippen molar-refractivity contribution in [1.29, 1.82) is 0 Å². The fraction of sp³-hybridized carbons (Fsp3) is 0.632. The summed E-state index contributed by atoms with van der Waals surface area (Å²) < 4.78 is 10.6. The molecule has 1 aliphatic rings. The highest BCUT2D eigenvalue weighted by Gasteiger charge is 2.14. The van der Waals surface area contributed by atoms with Crippen LogP contribution < -0.4 is 20.1 Å². The average Bonchev–Trinajstić information content (AvgIpc) is 2.62. The summed E-state index contributed by atoms with van der Waals surface area (Å²) in [5.74, 6) is 2.47. The quantitative estimate of drug-likeness (QED) is 0.369. The number of nitrogens with zero attached hydrogens (tertiary/aromatic N) is 1. The van der Waals surface area contributed by atoms with Crippen molar-refractivity contribution in [1.82, 2.24) is 10.6 Å². The van der Waals surface area contributed by atoms with E-state index in [2.05, 4.69) is 23.6 Å². The first-order valence-electron chi connectivity index (χ1n) is 9.02. The van der Waals surface area contributed by atoms with E-state index in [1.165, 1.54) is 37.7 Å². The Kier molecular flexibility index (Phi) is 10.7. The van der Waals surface area contributed by atoms with E-state index in [0.29, 0.717) is 6.04 Å². The van der Waals surface area contributed by atoms with Crippen molar-refractivity contribution < 1.29 is 9.47 Å². The van der Waals surface area contributed by atoms with Gasteiger partial charge in [0, 0.05) is 19.1 Å². The van der Waals surface area contributed by atoms with Gasteiger partial charge in [0.25, 0.3) is 0 Å². The third-order valence-corrected chi connectivity index (χ3v) is 4.41. The molecule has 0 atom stereocenters. The molecule has 1 aromatic carbocycles. The van der Waals surface area contributed by atoms with Crippen LogP contribution in [0.4, 0.5) is 0 Å². The van der Waals surface area contributed by atoms with Gasteiger partial charge in [-0.05, 0) is 43.9 Å². The number of methoxy groups -OCH3 is 2. The Labute approximate surface area is 169 Å². The predicted molar refractivity (Wildman–Crippen MR) is 115 cm³/mol. The van der Waals surface area contributed by atoms with Gasteiger partial charge in [0.05, 0.1) is 14.2 Å². The van der Waals surface area contributed by atoms with Gasteiger partial charge < -0.3 is 20.1 Å².